The van der Waals surface area contributed by atoms with E-state index in [1.165, 1.54) is 12.3 Å². The number of benzene rings is 1. The summed E-state index contributed by atoms with van der Waals surface area (Å²) in [5, 5.41) is 10.1. The molecule has 0 aliphatic carbocycles. The van der Waals surface area contributed by atoms with Gasteiger partial charge in [0.25, 0.3) is 0 Å². The molecule has 2 rings (SSSR count). The topological polar surface area (TPSA) is 50.2 Å². The largest absolute Gasteiger partial charge is 0.481 e. The van der Waals surface area contributed by atoms with E-state index in [2.05, 4.69) is 4.98 Å². The van der Waals surface area contributed by atoms with Gasteiger partial charge in [0, 0.05) is 22.3 Å². The van der Waals surface area contributed by atoms with Gasteiger partial charge in [-0.25, -0.2) is 0 Å². The minimum Gasteiger partial charge on any atom is -0.481 e. The highest BCUT2D eigenvalue weighted by molar-refractivity contribution is 6.45. The maximum absolute atomic E-state index is 10.7. The zero-order chi connectivity index (χ0) is 14.9. The molecule has 0 saturated heterocycles. The van der Waals surface area contributed by atoms with E-state index < -0.39 is 5.97 Å². The monoisotopic (exact) mass is 349 g/mol. The summed E-state index contributed by atoms with van der Waals surface area (Å²) in [5.41, 5.74) is 1.48. The maximum Gasteiger partial charge on any atom is 0.309 e. The first kappa shape index (κ1) is 15.4. The van der Waals surface area contributed by atoms with Crippen molar-refractivity contribution in [1.29, 1.82) is 0 Å². The van der Waals surface area contributed by atoms with Crippen LogP contribution in [0.25, 0.3) is 11.1 Å². The van der Waals surface area contributed by atoms with Crippen LogP contribution in [0.1, 0.15) is 5.69 Å². The lowest BCUT2D eigenvalue weighted by molar-refractivity contribution is -0.136. The SMILES string of the molecule is O=C(O)Cc1ncc(-c2cc(Cl)cc(Cl)c2Cl)cc1Cl. The molecule has 3 nitrogen and oxygen atoms in total. The van der Waals surface area contributed by atoms with Crippen molar-refractivity contribution >= 4 is 52.4 Å². The van der Waals surface area contributed by atoms with Crippen molar-refractivity contribution in [3.8, 4) is 11.1 Å². The number of aromatic nitrogens is 1. The molecule has 0 saturated carbocycles. The van der Waals surface area contributed by atoms with E-state index in [4.69, 9.17) is 51.5 Å². The number of carboxylic acids is 1. The van der Waals surface area contributed by atoms with Gasteiger partial charge in [-0.15, -0.1) is 0 Å². The minimum atomic E-state index is -1.00. The van der Waals surface area contributed by atoms with Gasteiger partial charge in [0.1, 0.15) is 0 Å². The van der Waals surface area contributed by atoms with Crippen LogP contribution in [0, 0.1) is 0 Å². The van der Waals surface area contributed by atoms with Gasteiger partial charge in [-0.05, 0) is 18.2 Å². The molecule has 104 valence electrons. The van der Waals surface area contributed by atoms with Crippen molar-refractivity contribution < 1.29 is 9.90 Å². The predicted octanol–water partition coefficient (Wildman–Crippen LogP) is 4.99. The summed E-state index contributed by atoms with van der Waals surface area (Å²) >= 11 is 24.0. The highest BCUT2D eigenvalue weighted by Crippen LogP contribution is 2.37. The van der Waals surface area contributed by atoms with Crippen molar-refractivity contribution in [2.24, 2.45) is 0 Å². The maximum atomic E-state index is 10.7. The van der Waals surface area contributed by atoms with E-state index in [1.807, 2.05) is 0 Å². The molecular weight excluding hydrogens is 344 g/mol. The Hall–Kier alpha value is -1.000. The van der Waals surface area contributed by atoms with E-state index in [0.29, 0.717) is 26.2 Å². The van der Waals surface area contributed by atoms with E-state index >= 15 is 0 Å². The quantitative estimate of drug-likeness (QED) is 0.793. The molecule has 0 bridgehead atoms. The van der Waals surface area contributed by atoms with E-state index in [-0.39, 0.29) is 17.1 Å². The van der Waals surface area contributed by atoms with E-state index in [1.54, 1.807) is 12.1 Å². The first-order valence-electron chi connectivity index (χ1n) is 5.39. The number of carbonyl (C=O) groups is 1. The van der Waals surface area contributed by atoms with Crippen molar-refractivity contribution in [3.63, 3.8) is 0 Å². The van der Waals surface area contributed by atoms with Gasteiger partial charge >= 0.3 is 5.97 Å². The number of rotatable bonds is 3. The molecule has 7 heteroatoms. The van der Waals surface area contributed by atoms with Crippen molar-refractivity contribution in [1.82, 2.24) is 4.98 Å². The molecule has 0 spiro atoms. The third kappa shape index (κ3) is 3.36. The Morgan fingerprint density at radius 1 is 1.10 bits per heavy atom. The average Bonchev–Trinajstić information content (AvgIpc) is 2.36. The van der Waals surface area contributed by atoms with Crippen LogP contribution in [0.15, 0.2) is 24.4 Å². The summed E-state index contributed by atoms with van der Waals surface area (Å²) in [7, 11) is 0. The fourth-order valence-corrected chi connectivity index (χ4v) is 2.60. The summed E-state index contributed by atoms with van der Waals surface area (Å²) in [6, 6.07) is 4.75. The number of hydrogen-bond donors (Lipinski definition) is 1. The fraction of sp³-hybridized carbons (Fsp3) is 0.0769. The molecule has 2 aromatic rings. The lowest BCUT2D eigenvalue weighted by Crippen LogP contribution is -2.03. The van der Waals surface area contributed by atoms with Gasteiger partial charge in [0.2, 0.25) is 0 Å². The molecule has 0 fully saturated rings. The Labute approximate surface area is 135 Å². The number of pyridine rings is 1. The lowest BCUT2D eigenvalue weighted by Gasteiger charge is -2.09. The van der Waals surface area contributed by atoms with Crippen LogP contribution in [-0.4, -0.2) is 16.1 Å². The summed E-state index contributed by atoms with van der Waals surface area (Å²) in [5.74, 6) is -1.00. The van der Waals surface area contributed by atoms with Crippen LogP contribution in [0.2, 0.25) is 20.1 Å². The highest BCUT2D eigenvalue weighted by Gasteiger charge is 2.13. The smallest absolute Gasteiger partial charge is 0.309 e. The lowest BCUT2D eigenvalue weighted by atomic mass is 10.1. The summed E-state index contributed by atoms with van der Waals surface area (Å²) in [4.78, 5) is 14.7. The second kappa shape index (κ2) is 6.19. The van der Waals surface area contributed by atoms with Crippen molar-refractivity contribution in [3.05, 3.63) is 50.2 Å². The first-order valence-corrected chi connectivity index (χ1v) is 6.91. The molecule has 1 heterocycles. The molecule has 0 atom stereocenters. The van der Waals surface area contributed by atoms with Crippen LogP contribution in [0.5, 0.6) is 0 Å². The Bertz CT molecular complexity index is 688. The Morgan fingerprint density at radius 3 is 2.40 bits per heavy atom. The number of hydrogen-bond acceptors (Lipinski definition) is 2. The third-order valence-electron chi connectivity index (χ3n) is 2.54. The average molecular weight is 351 g/mol. The van der Waals surface area contributed by atoms with E-state index in [9.17, 15) is 4.79 Å². The molecule has 0 aliphatic rings. The van der Waals surface area contributed by atoms with E-state index in [0.717, 1.165) is 0 Å². The molecule has 0 radical (unpaired) electrons. The molecule has 0 amide bonds. The predicted molar refractivity (Wildman–Crippen MR) is 81.1 cm³/mol. The van der Waals surface area contributed by atoms with Gasteiger partial charge in [-0.2, -0.15) is 0 Å². The Morgan fingerprint density at radius 2 is 1.80 bits per heavy atom. The van der Waals surface area contributed by atoms with Gasteiger partial charge in [0.15, 0.2) is 0 Å². The zero-order valence-corrected chi connectivity index (χ0v) is 12.9. The molecule has 1 aromatic carbocycles. The van der Waals surface area contributed by atoms with Gasteiger partial charge < -0.3 is 5.11 Å². The number of carboxylic acid groups (broad SMARTS) is 1. The van der Waals surface area contributed by atoms with Crippen LogP contribution in [0.3, 0.4) is 0 Å². The summed E-state index contributed by atoms with van der Waals surface area (Å²) in [6.07, 6.45) is 1.24. The van der Waals surface area contributed by atoms with Crippen molar-refractivity contribution in [2.75, 3.05) is 0 Å². The number of nitrogens with zero attached hydrogens (tertiary/aromatic N) is 1. The first-order chi connectivity index (χ1) is 9.38. The molecule has 0 unspecified atom stereocenters. The third-order valence-corrected chi connectivity index (χ3v) is 3.89. The second-order valence-electron chi connectivity index (χ2n) is 3.97. The summed E-state index contributed by atoms with van der Waals surface area (Å²) in [6.45, 7) is 0. The standard InChI is InChI=1S/C13H7Cl4NO2/c14-7-2-8(13(17)10(16)3-7)6-1-9(15)11(18-5-6)4-12(19)20/h1-3,5H,4H2,(H,19,20). The molecule has 1 N–H and O–H groups in total. The molecule has 1 aromatic heterocycles. The number of aliphatic carboxylic acids is 1. The van der Waals surface area contributed by atoms with Crippen LogP contribution in [-0.2, 0) is 11.2 Å². The summed E-state index contributed by atoms with van der Waals surface area (Å²) < 4.78 is 0. The highest BCUT2D eigenvalue weighted by atomic mass is 35.5. The van der Waals surface area contributed by atoms with Crippen LogP contribution < -0.4 is 0 Å². The van der Waals surface area contributed by atoms with Gasteiger partial charge in [-0.1, -0.05) is 46.4 Å². The molecule has 20 heavy (non-hydrogen) atoms. The fourth-order valence-electron chi connectivity index (χ4n) is 1.65. The minimum absolute atomic E-state index is 0.247. The zero-order valence-electron chi connectivity index (χ0n) is 9.83. The normalized spacial score (nSPS) is 10.6. The Kier molecular flexibility index (Phi) is 4.76. The number of halogens is 4. The molecule has 0 aliphatic heterocycles. The van der Waals surface area contributed by atoms with Crippen LogP contribution in [0.4, 0.5) is 0 Å². The molecular formula is C13H7Cl4NO2. The second-order valence-corrected chi connectivity index (χ2v) is 5.60. The van der Waals surface area contributed by atoms with Crippen molar-refractivity contribution in [2.45, 2.75) is 6.42 Å². The van der Waals surface area contributed by atoms with Crippen LogP contribution >= 0.6 is 46.4 Å². The Balaban J connectivity index is 2.49. The van der Waals surface area contributed by atoms with Gasteiger partial charge in [-0.3, -0.25) is 9.78 Å². The van der Waals surface area contributed by atoms with Gasteiger partial charge in [0.05, 0.1) is 27.2 Å².